The van der Waals surface area contributed by atoms with Crippen LogP contribution >= 0.6 is 34.2 Å². The van der Waals surface area contributed by atoms with Crippen LogP contribution in [-0.2, 0) is 62.9 Å². The van der Waals surface area contributed by atoms with Crippen molar-refractivity contribution in [3.05, 3.63) is 90.5 Å². The van der Waals surface area contributed by atoms with Crippen LogP contribution in [0.4, 0.5) is 45.3 Å². The van der Waals surface area contributed by atoms with Gasteiger partial charge in [0.1, 0.15) is 36.1 Å². The van der Waals surface area contributed by atoms with Crippen LogP contribution in [0.15, 0.2) is 36.4 Å². The van der Waals surface area contributed by atoms with Gasteiger partial charge in [0.05, 0.1) is 49.6 Å². The molecule has 65 heavy (non-hydrogen) atoms. The number of amides is 1. The first-order chi connectivity index (χ1) is 30.0. The number of carbonyl (C=O) groups excluding carboxylic acids is 1. The topological polar surface area (TPSA) is 158 Å². The Morgan fingerprint density at radius 3 is 2.25 bits per heavy atom. The zero-order valence-corrected chi connectivity index (χ0v) is 38.9. The van der Waals surface area contributed by atoms with Crippen molar-refractivity contribution >= 4 is 76.7 Å². The van der Waals surface area contributed by atoms with E-state index in [1.165, 1.54) is 18.2 Å². The zero-order chi connectivity index (χ0) is 47.8. The Kier molecular flexibility index (Phi) is 13.1. The number of aromatic nitrogens is 5. The molecule has 0 radical (unpaired) electrons. The van der Waals surface area contributed by atoms with E-state index >= 15 is 8.78 Å². The summed E-state index contributed by atoms with van der Waals surface area (Å²) in [4.78, 5) is 18.9. The van der Waals surface area contributed by atoms with Gasteiger partial charge in [0.2, 0.25) is 15.9 Å². The Hall–Kier alpha value is -4.17. The summed E-state index contributed by atoms with van der Waals surface area (Å²) in [5.74, 6) is -7.44. The third-order valence-corrected chi connectivity index (χ3v) is 16.1. The van der Waals surface area contributed by atoms with Gasteiger partial charge in [-0.3, -0.25) is 23.9 Å². The number of sulfonamides is 1. The number of sulfone groups is 1. The predicted molar refractivity (Wildman–Crippen MR) is 230 cm³/mol. The van der Waals surface area contributed by atoms with E-state index in [1.807, 2.05) is 22.6 Å². The molecule has 12 nitrogen and oxygen atoms in total. The molecule has 0 unspecified atom stereocenters. The van der Waals surface area contributed by atoms with Crippen molar-refractivity contribution in [2.24, 2.45) is 0 Å². The SMILES string of the molecule is CC(C)(CCc1nc([C@H](Cc2cc(F)cc(F)c2)NC(=O)Cn2nc(C(F)F)c3c2C(F)(F)CC3)c(-c2ccc(Cl)c3c(NS(C)(=O)=O)nn(CC(F)(F)F)c23)cc1I)S(=O)(=O)C1CC1. The first-order valence-corrected chi connectivity index (χ1v) is 24.6. The van der Waals surface area contributed by atoms with Crippen LogP contribution in [0.5, 0.6) is 0 Å². The second-order valence-corrected chi connectivity index (χ2v) is 22.8. The van der Waals surface area contributed by atoms with Crippen molar-refractivity contribution in [2.45, 2.75) is 106 Å². The van der Waals surface area contributed by atoms with Gasteiger partial charge in [0, 0.05) is 32.7 Å². The highest BCUT2D eigenvalue weighted by atomic mass is 127. The first-order valence-electron chi connectivity index (χ1n) is 19.7. The zero-order valence-electron chi connectivity index (χ0n) is 34.3. The van der Waals surface area contributed by atoms with E-state index in [1.54, 1.807) is 13.8 Å². The number of nitrogens with one attached hydrogen (secondary N) is 2. The van der Waals surface area contributed by atoms with Gasteiger partial charge in [-0.15, -0.1) is 0 Å². The van der Waals surface area contributed by atoms with Gasteiger partial charge in [-0.05, 0) is 105 Å². The molecule has 0 spiro atoms. The molecule has 2 aliphatic rings. The van der Waals surface area contributed by atoms with Crippen LogP contribution < -0.4 is 10.0 Å². The lowest BCUT2D eigenvalue weighted by molar-refractivity contribution is -0.141. The quantitative estimate of drug-likeness (QED) is 0.0732. The molecule has 2 aromatic carbocycles. The van der Waals surface area contributed by atoms with E-state index in [4.69, 9.17) is 16.6 Å². The Balaban J connectivity index is 1.44. The minimum atomic E-state index is -4.94. The first kappa shape index (κ1) is 48.8. The van der Waals surface area contributed by atoms with Crippen molar-refractivity contribution in [3.63, 3.8) is 0 Å². The summed E-state index contributed by atoms with van der Waals surface area (Å²) >= 11 is 8.41. The largest absolute Gasteiger partial charge is 0.408 e. The van der Waals surface area contributed by atoms with Crippen molar-refractivity contribution in [1.82, 2.24) is 29.9 Å². The van der Waals surface area contributed by atoms with E-state index < -0.39 is 127 Å². The standard InChI is InChI=1S/C40H38ClF9IN7O5S2/c1-38(2,65(62,63)22-4-5-22)10-9-28-27(51)16-25(23-6-7-26(41)31-34(23)58(18-40(48,49)50)55-37(31)56-64(3,60)61)32(53-28)29(14-19-12-20(42)15-21(43)13-19)52-30(59)17-57-35-24(8-11-39(35,46)47)33(54-57)36(44)45/h6-7,12-13,15-16,22,29,36H,4-5,8-11,14,17-18H2,1-3H3,(H,52,59)(H,55,56)/t29-/m0/s1. The maximum Gasteiger partial charge on any atom is 0.408 e. The number of hydrogen-bond acceptors (Lipinski definition) is 8. The number of hydrogen-bond donors (Lipinski definition) is 2. The van der Waals surface area contributed by atoms with E-state index in [0.29, 0.717) is 31.8 Å². The van der Waals surface area contributed by atoms with Crippen LogP contribution in [0.1, 0.15) is 85.9 Å². The highest BCUT2D eigenvalue weighted by Crippen LogP contribution is 2.46. The van der Waals surface area contributed by atoms with Gasteiger partial charge in [-0.25, -0.2) is 34.4 Å². The maximum atomic E-state index is 15.1. The summed E-state index contributed by atoms with van der Waals surface area (Å²) in [6, 6.07) is 4.78. The molecule has 25 heteroatoms. The molecule has 0 aliphatic heterocycles. The fourth-order valence-electron chi connectivity index (χ4n) is 8.04. The Morgan fingerprint density at radius 2 is 1.65 bits per heavy atom. The molecule has 1 saturated carbocycles. The molecular weight excluding hydrogens is 1060 g/mol. The molecule has 0 saturated heterocycles. The molecule has 1 amide bonds. The monoisotopic (exact) mass is 1090 g/mol. The van der Waals surface area contributed by atoms with Gasteiger partial charge < -0.3 is 5.32 Å². The second kappa shape index (κ2) is 17.5. The van der Waals surface area contributed by atoms with E-state index in [9.17, 15) is 52.4 Å². The molecule has 7 rings (SSSR count). The minimum Gasteiger partial charge on any atom is -0.346 e. The lowest BCUT2D eigenvalue weighted by Gasteiger charge is -2.26. The number of benzene rings is 2. The average molecular weight is 1090 g/mol. The third kappa shape index (κ3) is 10.4. The van der Waals surface area contributed by atoms with Crippen molar-refractivity contribution in [2.75, 3.05) is 11.0 Å². The Morgan fingerprint density at radius 1 is 0.985 bits per heavy atom. The van der Waals surface area contributed by atoms with Gasteiger partial charge >= 0.3 is 6.18 Å². The van der Waals surface area contributed by atoms with E-state index in [-0.39, 0.29) is 56.8 Å². The Bertz CT molecular complexity index is 2920. The van der Waals surface area contributed by atoms with Crippen molar-refractivity contribution in [1.29, 1.82) is 0 Å². The van der Waals surface area contributed by atoms with Crippen molar-refractivity contribution < 1.29 is 61.1 Å². The summed E-state index contributed by atoms with van der Waals surface area (Å²) in [5, 5.41) is 9.10. The lowest BCUT2D eigenvalue weighted by Crippen LogP contribution is -2.36. The lowest BCUT2D eigenvalue weighted by atomic mass is 9.93. The molecule has 3 heterocycles. The number of anilines is 1. The number of nitrogens with zero attached hydrogens (tertiary/aromatic N) is 5. The number of rotatable bonds is 16. The van der Waals surface area contributed by atoms with Crippen LogP contribution in [0.25, 0.3) is 22.0 Å². The van der Waals surface area contributed by atoms with Crippen LogP contribution in [0.2, 0.25) is 5.02 Å². The summed E-state index contributed by atoms with van der Waals surface area (Å²) in [6.07, 6.45) is -8.32. The van der Waals surface area contributed by atoms with Crippen LogP contribution in [0.3, 0.4) is 0 Å². The Labute approximate surface area is 384 Å². The van der Waals surface area contributed by atoms with Crippen LogP contribution in [-0.4, -0.2) is 69.7 Å². The molecule has 5 aromatic rings. The number of carbonyl (C=O) groups is 1. The number of pyridine rings is 1. The summed E-state index contributed by atoms with van der Waals surface area (Å²) in [7, 11) is -7.81. The fourth-order valence-corrected chi connectivity index (χ4v) is 11.5. The smallest absolute Gasteiger partial charge is 0.346 e. The van der Waals surface area contributed by atoms with E-state index in [0.717, 1.165) is 18.4 Å². The average Bonchev–Trinajstić information content (AvgIpc) is 3.79. The van der Waals surface area contributed by atoms with Gasteiger partial charge in [0.25, 0.3) is 12.3 Å². The number of alkyl halides is 7. The normalized spacial score (nSPS) is 16.0. The molecule has 3 aromatic heterocycles. The highest BCUT2D eigenvalue weighted by molar-refractivity contribution is 14.1. The number of fused-ring (bicyclic) bond motifs is 2. The van der Waals surface area contributed by atoms with Crippen LogP contribution in [0, 0.1) is 15.2 Å². The maximum absolute atomic E-state index is 15.1. The summed E-state index contributed by atoms with van der Waals surface area (Å²) < 4.78 is 184. The number of halogens is 11. The van der Waals surface area contributed by atoms with Gasteiger partial charge in [-0.2, -0.15) is 32.1 Å². The molecule has 1 fully saturated rings. The molecule has 0 bridgehead atoms. The van der Waals surface area contributed by atoms with Gasteiger partial charge in [-0.1, -0.05) is 17.7 Å². The molecule has 2 N–H and O–H groups in total. The molecule has 352 valence electrons. The third-order valence-electron chi connectivity index (χ3n) is 11.2. The molecular formula is C40H38ClF9IN7O5S2. The van der Waals surface area contributed by atoms with Gasteiger partial charge in [0.15, 0.2) is 15.7 Å². The predicted octanol–water partition coefficient (Wildman–Crippen LogP) is 9.13. The molecule has 1 atom stereocenters. The number of aryl methyl sites for hydroxylation is 1. The highest BCUT2D eigenvalue weighted by Gasteiger charge is 2.47. The fraction of sp³-hybridized carbons (Fsp3) is 0.450. The molecule has 2 aliphatic carbocycles. The summed E-state index contributed by atoms with van der Waals surface area (Å²) in [6.45, 7) is 0.261. The van der Waals surface area contributed by atoms with Crippen molar-refractivity contribution in [3.8, 4) is 11.1 Å². The van der Waals surface area contributed by atoms with E-state index in [2.05, 4.69) is 20.2 Å². The second-order valence-electron chi connectivity index (χ2n) is 16.6. The summed E-state index contributed by atoms with van der Waals surface area (Å²) in [5.41, 5.74) is -2.91. The minimum absolute atomic E-state index is 0.00884.